The second-order valence-corrected chi connectivity index (χ2v) is 7.50. The molecule has 1 aromatic carbocycles. The molecule has 1 atom stereocenters. The van der Waals surface area contributed by atoms with E-state index in [4.69, 9.17) is 0 Å². The topological polar surface area (TPSA) is 75.2 Å². The van der Waals surface area contributed by atoms with Crippen LogP contribution in [0, 0.1) is 0 Å². The molecule has 3 heterocycles. The lowest BCUT2D eigenvalue weighted by molar-refractivity contribution is -0.131. The molecule has 1 aliphatic heterocycles. The van der Waals surface area contributed by atoms with Crippen molar-refractivity contribution in [2.45, 2.75) is 25.4 Å². The maximum Gasteiger partial charge on any atom is 0.325 e. The van der Waals surface area contributed by atoms with E-state index < -0.39 is 11.6 Å². The fraction of sp³-hybridized carbons (Fsp3) is 0.200. The number of thiazole rings is 1. The zero-order valence-corrected chi connectivity index (χ0v) is 15.6. The summed E-state index contributed by atoms with van der Waals surface area (Å²) in [7, 11) is 0. The summed E-state index contributed by atoms with van der Waals surface area (Å²) in [5, 5.41) is 5.62. The molecule has 3 amide bonds. The lowest BCUT2D eigenvalue weighted by Gasteiger charge is -2.20. The second kappa shape index (κ2) is 6.92. The van der Waals surface area contributed by atoms with E-state index in [1.165, 1.54) is 21.8 Å². The number of hydrogen-bond donors (Lipinski definition) is 1. The Morgan fingerprint density at radius 2 is 1.89 bits per heavy atom. The third kappa shape index (κ3) is 3.33. The number of carbonyl (C=O) groups excluding carboxylic acids is 2. The van der Waals surface area contributed by atoms with Crippen molar-refractivity contribution in [3.8, 4) is 0 Å². The minimum absolute atomic E-state index is 0.151. The minimum atomic E-state index is -1.15. The van der Waals surface area contributed by atoms with Crippen LogP contribution < -0.4 is 5.32 Å². The predicted octanol–water partition coefficient (Wildman–Crippen LogP) is 3.10. The highest BCUT2D eigenvalue weighted by molar-refractivity contribution is 7.09. The van der Waals surface area contributed by atoms with Gasteiger partial charge in [0, 0.05) is 18.0 Å². The van der Waals surface area contributed by atoms with Crippen molar-refractivity contribution in [2.24, 2.45) is 0 Å². The standard InChI is InChI=1S/C20H18N4O2S/c1-20(16-9-5-6-10-21-16)18(25)24(19(26)23-20)12-15-13-27-17(22-15)11-14-7-3-2-4-8-14/h2-10,13H,11-12H2,1H3,(H,23,26). The van der Waals surface area contributed by atoms with E-state index in [0.29, 0.717) is 11.4 Å². The summed E-state index contributed by atoms with van der Waals surface area (Å²) >= 11 is 1.53. The number of nitrogens with one attached hydrogen (secondary N) is 1. The van der Waals surface area contributed by atoms with Crippen LogP contribution in [0.3, 0.4) is 0 Å². The first-order valence-corrected chi connectivity index (χ1v) is 9.47. The number of aromatic nitrogens is 2. The maximum absolute atomic E-state index is 12.9. The Hall–Kier alpha value is -3.06. The molecule has 2 aromatic heterocycles. The van der Waals surface area contributed by atoms with E-state index in [-0.39, 0.29) is 12.5 Å². The highest BCUT2D eigenvalue weighted by Crippen LogP contribution is 2.28. The predicted molar refractivity (Wildman–Crippen MR) is 102 cm³/mol. The number of hydrogen-bond acceptors (Lipinski definition) is 5. The molecule has 136 valence electrons. The van der Waals surface area contributed by atoms with Crippen LogP contribution in [0.4, 0.5) is 4.79 Å². The van der Waals surface area contributed by atoms with Crippen molar-refractivity contribution in [3.63, 3.8) is 0 Å². The molecule has 27 heavy (non-hydrogen) atoms. The van der Waals surface area contributed by atoms with E-state index in [2.05, 4.69) is 27.4 Å². The molecule has 0 bridgehead atoms. The van der Waals surface area contributed by atoms with Crippen LogP contribution in [0.1, 0.15) is 28.9 Å². The normalized spacial score (nSPS) is 19.4. The second-order valence-electron chi connectivity index (χ2n) is 6.56. The van der Waals surface area contributed by atoms with Gasteiger partial charge in [0.15, 0.2) is 5.54 Å². The molecule has 1 fully saturated rings. The number of rotatable bonds is 5. The SMILES string of the molecule is CC1(c2ccccn2)NC(=O)N(Cc2csc(Cc3ccccc3)n2)C1=O. The summed E-state index contributed by atoms with van der Waals surface area (Å²) in [6.07, 6.45) is 2.34. The van der Waals surface area contributed by atoms with Crippen LogP contribution >= 0.6 is 11.3 Å². The van der Waals surface area contributed by atoms with E-state index in [0.717, 1.165) is 11.4 Å². The molecular formula is C20H18N4O2S. The van der Waals surface area contributed by atoms with E-state index in [1.54, 1.807) is 31.3 Å². The van der Waals surface area contributed by atoms with Crippen molar-refractivity contribution in [1.29, 1.82) is 0 Å². The van der Waals surface area contributed by atoms with Gasteiger partial charge < -0.3 is 5.32 Å². The number of imide groups is 1. The van der Waals surface area contributed by atoms with Gasteiger partial charge in [0.25, 0.3) is 5.91 Å². The van der Waals surface area contributed by atoms with Gasteiger partial charge in [-0.1, -0.05) is 36.4 Å². The van der Waals surface area contributed by atoms with Gasteiger partial charge in [-0.15, -0.1) is 11.3 Å². The summed E-state index contributed by atoms with van der Waals surface area (Å²) in [6, 6.07) is 15.0. The molecule has 1 aliphatic rings. The molecule has 0 spiro atoms. The summed E-state index contributed by atoms with van der Waals surface area (Å²) in [6.45, 7) is 1.83. The molecule has 3 aromatic rings. The van der Waals surface area contributed by atoms with Crippen LogP contribution in [-0.4, -0.2) is 26.8 Å². The van der Waals surface area contributed by atoms with Gasteiger partial charge in [0.1, 0.15) is 0 Å². The molecule has 1 unspecified atom stereocenters. The summed E-state index contributed by atoms with van der Waals surface area (Å²) < 4.78 is 0. The van der Waals surface area contributed by atoms with Gasteiger partial charge >= 0.3 is 6.03 Å². The Morgan fingerprint density at radius 3 is 2.63 bits per heavy atom. The molecule has 1 N–H and O–H groups in total. The number of amides is 3. The monoisotopic (exact) mass is 378 g/mol. The highest BCUT2D eigenvalue weighted by atomic mass is 32.1. The lowest BCUT2D eigenvalue weighted by atomic mass is 9.97. The van der Waals surface area contributed by atoms with Gasteiger partial charge in [-0.25, -0.2) is 9.78 Å². The molecule has 4 rings (SSSR count). The van der Waals surface area contributed by atoms with Crippen LogP contribution in [-0.2, 0) is 23.3 Å². The van der Waals surface area contributed by atoms with Gasteiger partial charge in [-0.2, -0.15) is 0 Å². The zero-order valence-electron chi connectivity index (χ0n) is 14.8. The zero-order chi connectivity index (χ0) is 18.9. The lowest BCUT2D eigenvalue weighted by Crippen LogP contribution is -2.41. The van der Waals surface area contributed by atoms with E-state index in [9.17, 15) is 9.59 Å². The quantitative estimate of drug-likeness (QED) is 0.692. The van der Waals surface area contributed by atoms with Gasteiger partial charge in [-0.05, 0) is 24.6 Å². The third-order valence-corrected chi connectivity index (χ3v) is 5.47. The summed E-state index contributed by atoms with van der Waals surface area (Å²) in [5.41, 5.74) is 1.26. The Kier molecular flexibility index (Phi) is 4.45. The Balaban J connectivity index is 1.50. The molecule has 0 aliphatic carbocycles. The van der Waals surface area contributed by atoms with Crippen LogP contribution in [0.25, 0.3) is 0 Å². The molecule has 7 heteroatoms. The molecule has 1 saturated heterocycles. The highest BCUT2D eigenvalue weighted by Gasteiger charge is 2.50. The Bertz CT molecular complexity index is 974. The number of benzene rings is 1. The minimum Gasteiger partial charge on any atom is -0.318 e. The largest absolute Gasteiger partial charge is 0.325 e. The molecule has 0 saturated carbocycles. The van der Waals surface area contributed by atoms with Crippen molar-refractivity contribution >= 4 is 23.3 Å². The van der Waals surface area contributed by atoms with Gasteiger partial charge in [0.05, 0.1) is 22.9 Å². The van der Waals surface area contributed by atoms with Gasteiger partial charge in [-0.3, -0.25) is 14.7 Å². The van der Waals surface area contributed by atoms with Crippen LogP contribution in [0.2, 0.25) is 0 Å². The van der Waals surface area contributed by atoms with Gasteiger partial charge in [0.2, 0.25) is 0 Å². The van der Waals surface area contributed by atoms with Crippen molar-refractivity contribution in [1.82, 2.24) is 20.2 Å². The number of carbonyl (C=O) groups is 2. The smallest absolute Gasteiger partial charge is 0.318 e. The number of nitrogens with zero attached hydrogens (tertiary/aromatic N) is 3. The summed E-state index contributed by atoms with van der Waals surface area (Å²) in [5.74, 6) is -0.316. The van der Waals surface area contributed by atoms with E-state index in [1.807, 2.05) is 23.6 Å². The van der Waals surface area contributed by atoms with Crippen molar-refractivity contribution in [3.05, 3.63) is 82.1 Å². The van der Waals surface area contributed by atoms with Crippen molar-refractivity contribution < 1.29 is 9.59 Å². The Labute approximate surface area is 160 Å². The first-order chi connectivity index (χ1) is 13.1. The average Bonchev–Trinajstić information content (AvgIpc) is 3.22. The first kappa shape index (κ1) is 17.4. The molecular weight excluding hydrogens is 360 g/mol. The number of urea groups is 1. The molecule has 0 radical (unpaired) electrons. The van der Waals surface area contributed by atoms with Crippen LogP contribution in [0.5, 0.6) is 0 Å². The average molecular weight is 378 g/mol. The summed E-state index contributed by atoms with van der Waals surface area (Å²) in [4.78, 5) is 35.4. The van der Waals surface area contributed by atoms with E-state index >= 15 is 0 Å². The Morgan fingerprint density at radius 1 is 1.11 bits per heavy atom. The van der Waals surface area contributed by atoms with Crippen LogP contribution in [0.15, 0.2) is 60.1 Å². The third-order valence-electron chi connectivity index (χ3n) is 4.57. The fourth-order valence-electron chi connectivity index (χ4n) is 3.11. The maximum atomic E-state index is 12.9. The van der Waals surface area contributed by atoms with Crippen molar-refractivity contribution in [2.75, 3.05) is 0 Å². The molecule has 6 nitrogen and oxygen atoms in total. The number of pyridine rings is 1. The fourth-order valence-corrected chi connectivity index (χ4v) is 3.93. The first-order valence-electron chi connectivity index (χ1n) is 8.59.